The third-order valence-corrected chi connectivity index (χ3v) is 3.25. The van der Waals surface area contributed by atoms with E-state index in [-0.39, 0.29) is 6.10 Å². The van der Waals surface area contributed by atoms with Gasteiger partial charge in [0.05, 0.1) is 6.10 Å². The van der Waals surface area contributed by atoms with Gasteiger partial charge in [-0.05, 0) is 44.4 Å². The second kappa shape index (κ2) is 6.23. The van der Waals surface area contributed by atoms with Crippen molar-refractivity contribution >= 4 is 0 Å². The van der Waals surface area contributed by atoms with Crippen LogP contribution in [0, 0.1) is 5.92 Å². The minimum absolute atomic E-state index is 0.103. The Hall–Kier alpha value is -0.300. The molecule has 0 saturated carbocycles. The fourth-order valence-corrected chi connectivity index (χ4v) is 2.11. The van der Waals surface area contributed by atoms with Crippen molar-refractivity contribution < 1.29 is 5.11 Å². The van der Waals surface area contributed by atoms with E-state index in [1.807, 2.05) is 0 Å². The molecule has 82 valence electrons. The van der Waals surface area contributed by atoms with Gasteiger partial charge in [-0.15, -0.1) is 0 Å². The highest BCUT2D eigenvalue weighted by molar-refractivity contribution is 5.06. The topological polar surface area (TPSA) is 20.2 Å². The van der Waals surface area contributed by atoms with Crippen LogP contribution in [0.1, 0.15) is 58.8 Å². The van der Waals surface area contributed by atoms with Gasteiger partial charge in [0.15, 0.2) is 0 Å². The van der Waals surface area contributed by atoms with Gasteiger partial charge in [0.2, 0.25) is 0 Å². The summed E-state index contributed by atoms with van der Waals surface area (Å²) in [5.74, 6) is 0.661. The Kier molecular flexibility index (Phi) is 5.24. The summed E-state index contributed by atoms with van der Waals surface area (Å²) in [4.78, 5) is 0. The van der Waals surface area contributed by atoms with Crippen LogP contribution >= 0.6 is 0 Å². The minimum Gasteiger partial charge on any atom is -0.393 e. The van der Waals surface area contributed by atoms with Gasteiger partial charge in [-0.25, -0.2) is 0 Å². The standard InChI is InChI=1S/C13H24O/c1-3-11(2)9-13(14)10-12-7-5-4-6-8-12/h7,11,13-14H,3-6,8-10H2,1-2H3. The number of hydrogen-bond donors (Lipinski definition) is 1. The van der Waals surface area contributed by atoms with Gasteiger partial charge in [-0.2, -0.15) is 0 Å². The summed E-state index contributed by atoms with van der Waals surface area (Å²) in [6.07, 6.45) is 10.4. The Balaban J connectivity index is 2.25. The highest BCUT2D eigenvalue weighted by atomic mass is 16.3. The normalized spacial score (nSPS) is 21.5. The second-order valence-electron chi connectivity index (χ2n) is 4.72. The lowest BCUT2D eigenvalue weighted by atomic mass is 9.91. The lowest BCUT2D eigenvalue weighted by Gasteiger charge is -2.18. The molecular weight excluding hydrogens is 172 g/mol. The summed E-state index contributed by atoms with van der Waals surface area (Å²) >= 11 is 0. The first-order valence-electron chi connectivity index (χ1n) is 6.08. The molecular formula is C13H24O. The quantitative estimate of drug-likeness (QED) is 0.665. The molecule has 1 heteroatoms. The number of hydrogen-bond acceptors (Lipinski definition) is 1. The Morgan fingerprint density at radius 1 is 1.43 bits per heavy atom. The first-order valence-corrected chi connectivity index (χ1v) is 6.08. The van der Waals surface area contributed by atoms with Crippen LogP contribution in [0.15, 0.2) is 11.6 Å². The molecule has 0 bridgehead atoms. The van der Waals surface area contributed by atoms with E-state index in [0.29, 0.717) is 5.92 Å². The lowest BCUT2D eigenvalue weighted by Crippen LogP contribution is -2.13. The van der Waals surface area contributed by atoms with E-state index in [2.05, 4.69) is 19.9 Å². The molecule has 1 nitrogen and oxygen atoms in total. The van der Waals surface area contributed by atoms with Gasteiger partial charge < -0.3 is 5.11 Å². The average molecular weight is 196 g/mol. The molecule has 0 radical (unpaired) electrons. The smallest absolute Gasteiger partial charge is 0.0579 e. The van der Waals surface area contributed by atoms with Crippen LogP contribution in [0.25, 0.3) is 0 Å². The first kappa shape index (κ1) is 11.8. The molecule has 1 aliphatic carbocycles. The molecule has 0 heterocycles. The van der Waals surface area contributed by atoms with Crippen molar-refractivity contribution in [2.24, 2.45) is 5.92 Å². The summed E-state index contributed by atoms with van der Waals surface area (Å²) in [6.45, 7) is 4.41. The van der Waals surface area contributed by atoms with E-state index in [0.717, 1.165) is 12.8 Å². The Morgan fingerprint density at radius 3 is 2.79 bits per heavy atom. The number of rotatable bonds is 5. The van der Waals surface area contributed by atoms with Gasteiger partial charge in [0.25, 0.3) is 0 Å². The number of aliphatic hydroxyl groups is 1. The van der Waals surface area contributed by atoms with Crippen molar-refractivity contribution in [3.8, 4) is 0 Å². The van der Waals surface area contributed by atoms with Gasteiger partial charge in [-0.3, -0.25) is 0 Å². The molecule has 2 atom stereocenters. The van der Waals surface area contributed by atoms with Crippen molar-refractivity contribution in [2.75, 3.05) is 0 Å². The largest absolute Gasteiger partial charge is 0.393 e. The maximum absolute atomic E-state index is 9.86. The summed E-state index contributed by atoms with van der Waals surface area (Å²) in [6, 6.07) is 0. The van der Waals surface area contributed by atoms with E-state index in [4.69, 9.17) is 0 Å². The maximum Gasteiger partial charge on any atom is 0.0579 e. The highest BCUT2D eigenvalue weighted by Crippen LogP contribution is 2.23. The Bertz CT molecular complexity index is 184. The van der Waals surface area contributed by atoms with Crippen LogP contribution in [-0.2, 0) is 0 Å². The average Bonchev–Trinajstić information content (AvgIpc) is 2.19. The molecule has 1 aliphatic rings. The zero-order valence-electron chi connectivity index (χ0n) is 9.63. The van der Waals surface area contributed by atoms with E-state index in [1.165, 1.54) is 37.7 Å². The van der Waals surface area contributed by atoms with E-state index in [9.17, 15) is 5.11 Å². The van der Waals surface area contributed by atoms with Gasteiger partial charge in [-0.1, -0.05) is 31.9 Å². The number of aliphatic hydroxyl groups excluding tert-OH is 1. The predicted molar refractivity (Wildman–Crippen MR) is 61.2 cm³/mol. The second-order valence-corrected chi connectivity index (χ2v) is 4.72. The van der Waals surface area contributed by atoms with E-state index in [1.54, 1.807) is 0 Å². The molecule has 0 aromatic heterocycles. The summed E-state index contributed by atoms with van der Waals surface area (Å²) in [5, 5.41) is 9.86. The lowest BCUT2D eigenvalue weighted by molar-refractivity contribution is 0.143. The fourth-order valence-electron chi connectivity index (χ4n) is 2.11. The van der Waals surface area contributed by atoms with Crippen LogP contribution < -0.4 is 0 Å². The fraction of sp³-hybridized carbons (Fsp3) is 0.846. The van der Waals surface area contributed by atoms with Crippen molar-refractivity contribution in [2.45, 2.75) is 64.9 Å². The van der Waals surface area contributed by atoms with Crippen molar-refractivity contribution in [1.82, 2.24) is 0 Å². The molecule has 1 rings (SSSR count). The predicted octanol–water partition coefficient (Wildman–Crippen LogP) is 3.67. The van der Waals surface area contributed by atoms with Crippen molar-refractivity contribution in [3.63, 3.8) is 0 Å². The Labute approximate surface area is 88.2 Å². The highest BCUT2D eigenvalue weighted by Gasteiger charge is 2.12. The molecule has 14 heavy (non-hydrogen) atoms. The van der Waals surface area contributed by atoms with Crippen molar-refractivity contribution in [1.29, 1.82) is 0 Å². The van der Waals surface area contributed by atoms with Crippen LogP contribution in [0.2, 0.25) is 0 Å². The molecule has 2 unspecified atom stereocenters. The zero-order valence-corrected chi connectivity index (χ0v) is 9.63. The summed E-state index contributed by atoms with van der Waals surface area (Å²) in [7, 11) is 0. The van der Waals surface area contributed by atoms with Crippen LogP contribution in [0.5, 0.6) is 0 Å². The molecule has 0 aromatic rings. The van der Waals surface area contributed by atoms with Crippen LogP contribution in [0.4, 0.5) is 0 Å². The van der Waals surface area contributed by atoms with Crippen molar-refractivity contribution in [3.05, 3.63) is 11.6 Å². The zero-order chi connectivity index (χ0) is 10.4. The molecule has 0 aliphatic heterocycles. The Morgan fingerprint density at radius 2 is 2.21 bits per heavy atom. The molecule has 0 fully saturated rings. The van der Waals surface area contributed by atoms with E-state index >= 15 is 0 Å². The molecule has 0 saturated heterocycles. The van der Waals surface area contributed by atoms with Crippen LogP contribution in [0.3, 0.4) is 0 Å². The third kappa shape index (κ3) is 4.28. The van der Waals surface area contributed by atoms with Gasteiger partial charge in [0, 0.05) is 0 Å². The molecule has 0 spiro atoms. The van der Waals surface area contributed by atoms with E-state index < -0.39 is 0 Å². The monoisotopic (exact) mass is 196 g/mol. The summed E-state index contributed by atoms with van der Waals surface area (Å²) in [5.41, 5.74) is 1.49. The molecule has 0 amide bonds. The maximum atomic E-state index is 9.86. The number of allylic oxidation sites excluding steroid dienone is 1. The van der Waals surface area contributed by atoms with Crippen LogP contribution in [-0.4, -0.2) is 11.2 Å². The van der Waals surface area contributed by atoms with Gasteiger partial charge in [0.1, 0.15) is 0 Å². The first-order chi connectivity index (χ1) is 6.72. The molecule has 1 N–H and O–H groups in total. The summed E-state index contributed by atoms with van der Waals surface area (Å²) < 4.78 is 0. The van der Waals surface area contributed by atoms with Gasteiger partial charge >= 0.3 is 0 Å². The third-order valence-electron chi connectivity index (χ3n) is 3.25. The molecule has 0 aromatic carbocycles. The minimum atomic E-state index is -0.103. The SMILES string of the molecule is CCC(C)CC(O)CC1=CCCCC1.